The maximum atomic E-state index is 13.5. The van der Waals surface area contributed by atoms with Crippen LogP contribution >= 0.6 is 0 Å². The van der Waals surface area contributed by atoms with Crippen LogP contribution in [0.4, 0.5) is 5.69 Å². The molecule has 1 saturated heterocycles. The van der Waals surface area contributed by atoms with Crippen LogP contribution in [0.3, 0.4) is 0 Å². The lowest BCUT2D eigenvalue weighted by Crippen LogP contribution is -2.54. The number of carbonyl (C=O) groups is 2. The molecule has 2 aliphatic carbocycles. The van der Waals surface area contributed by atoms with Crippen LogP contribution in [0.2, 0.25) is 0 Å². The number of carbonyl (C=O) groups excluding carboxylic acids is 2. The fourth-order valence-electron chi connectivity index (χ4n) is 7.27. The Balaban J connectivity index is 1.36. The zero-order valence-electron chi connectivity index (χ0n) is 26.3. The number of hydrogen-bond donors (Lipinski definition) is 3. The average molecular weight is 608 g/mol. The number of benzene rings is 1. The van der Waals surface area contributed by atoms with Gasteiger partial charge in [0.15, 0.2) is 11.5 Å². The van der Waals surface area contributed by atoms with E-state index in [0.29, 0.717) is 80.2 Å². The maximum absolute atomic E-state index is 13.5. The van der Waals surface area contributed by atoms with Crippen LogP contribution in [0, 0.1) is 5.92 Å². The van der Waals surface area contributed by atoms with Crippen LogP contribution in [0.5, 0.6) is 17.2 Å². The smallest absolute Gasteiger partial charge is 0.222 e. The third-order valence-corrected chi connectivity index (χ3v) is 9.58. The van der Waals surface area contributed by atoms with Crippen LogP contribution in [-0.2, 0) is 16.0 Å². The highest BCUT2D eigenvalue weighted by Gasteiger charge is 2.43. The molecule has 0 bridgehead atoms. The number of aryl methyl sites for hydroxylation is 1. The molecular formula is C34H45N3O7. The predicted molar refractivity (Wildman–Crippen MR) is 169 cm³/mol. The van der Waals surface area contributed by atoms with E-state index in [0.717, 1.165) is 42.4 Å². The van der Waals surface area contributed by atoms with E-state index in [1.807, 2.05) is 17.0 Å². The fourth-order valence-corrected chi connectivity index (χ4v) is 7.27. The SMILES string of the molecule is COc1cc2c(c(OC)c1OC)-c1ccc(NCCCC(=O)N3CCC4(O)CCCCC4C3)c(=O)cc1[C@@H](NC(C)=O)CC2. The molecule has 3 aliphatic rings. The van der Waals surface area contributed by atoms with E-state index in [-0.39, 0.29) is 29.2 Å². The maximum Gasteiger partial charge on any atom is 0.222 e. The van der Waals surface area contributed by atoms with Crippen molar-refractivity contribution in [1.29, 1.82) is 0 Å². The van der Waals surface area contributed by atoms with E-state index < -0.39 is 5.60 Å². The highest BCUT2D eigenvalue weighted by Crippen LogP contribution is 2.50. The summed E-state index contributed by atoms with van der Waals surface area (Å²) in [7, 11) is 4.70. The molecule has 2 unspecified atom stereocenters. The van der Waals surface area contributed by atoms with Gasteiger partial charge in [0, 0.05) is 44.5 Å². The minimum atomic E-state index is -0.608. The lowest BCUT2D eigenvalue weighted by molar-refractivity contribution is -0.143. The second kappa shape index (κ2) is 13.5. The third kappa shape index (κ3) is 6.36. The van der Waals surface area contributed by atoms with Crippen LogP contribution in [-0.4, -0.2) is 68.4 Å². The summed E-state index contributed by atoms with van der Waals surface area (Å²) in [5.74, 6) is 1.58. The molecule has 0 aromatic heterocycles. The number of aliphatic hydroxyl groups is 1. The second-order valence-corrected chi connectivity index (χ2v) is 12.3. The van der Waals surface area contributed by atoms with Crippen molar-refractivity contribution >= 4 is 17.5 Å². The number of nitrogens with zero attached hydrogens (tertiary/aromatic N) is 1. The number of anilines is 1. The zero-order chi connectivity index (χ0) is 31.4. The molecule has 1 heterocycles. The molecule has 5 rings (SSSR count). The molecule has 2 aromatic carbocycles. The summed E-state index contributed by atoms with van der Waals surface area (Å²) in [6, 6.07) is 6.78. The van der Waals surface area contributed by atoms with E-state index in [1.165, 1.54) is 6.92 Å². The van der Waals surface area contributed by atoms with Gasteiger partial charge in [-0.2, -0.15) is 0 Å². The molecule has 10 heteroatoms. The highest BCUT2D eigenvalue weighted by molar-refractivity contribution is 5.84. The van der Waals surface area contributed by atoms with Gasteiger partial charge in [-0.25, -0.2) is 0 Å². The number of nitrogens with one attached hydrogen (secondary N) is 2. The Morgan fingerprint density at radius 2 is 1.84 bits per heavy atom. The summed E-state index contributed by atoms with van der Waals surface area (Å²) in [4.78, 5) is 40.6. The topological polar surface area (TPSA) is 126 Å². The van der Waals surface area contributed by atoms with Crippen molar-refractivity contribution in [2.75, 3.05) is 46.3 Å². The Labute approximate surface area is 259 Å². The van der Waals surface area contributed by atoms with E-state index in [2.05, 4.69) is 10.6 Å². The quantitative estimate of drug-likeness (QED) is 0.362. The van der Waals surface area contributed by atoms with E-state index in [1.54, 1.807) is 33.5 Å². The Hall–Kier alpha value is -3.79. The van der Waals surface area contributed by atoms with Crippen molar-refractivity contribution in [1.82, 2.24) is 10.2 Å². The van der Waals surface area contributed by atoms with Crippen molar-refractivity contribution < 1.29 is 28.9 Å². The van der Waals surface area contributed by atoms with Gasteiger partial charge in [0.2, 0.25) is 23.0 Å². The summed E-state index contributed by atoms with van der Waals surface area (Å²) in [5.41, 5.74) is 2.83. The summed E-state index contributed by atoms with van der Waals surface area (Å²) in [6.45, 7) is 3.15. The number of methoxy groups -OCH3 is 3. The molecule has 3 N–H and O–H groups in total. The first-order valence-electron chi connectivity index (χ1n) is 15.7. The summed E-state index contributed by atoms with van der Waals surface area (Å²) >= 11 is 0. The molecule has 1 aliphatic heterocycles. The number of likely N-dealkylation sites (tertiary alicyclic amines) is 1. The van der Waals surface area contributed by atoms with Gasteiger partial charge in [-0.15, -0.1) is 0 Å². The largest absolute Gasteiger partial charge is 0.493 e. The minimum absolute atomic E-state index is 0.0957. The monoisotopic (exact) mass is 607 g/mol. The third-order valence-electron chi connectivity index (χ3n) is 9.58. The predicted octanol–water partition coefficient (Wildman–Crippen LogP) is 4.21. The molecule has 2 aromatic rings. The second-order valence-electron chi connectivity index (χ2n) is 12.3. The number of ether oxygens (including phenoxy) is 3. The molecule has 44 heavy (non-hydrogen) atoms. The van der Waals surface area contributed by atoms with Crippen molar-refractivity contribution in [3.63, 3.8) is 0 Å². The van der Waals surface area contributed by atoms with E-state index >= 15 is 0 Å². The number of amides is 2. The van der Waals surface area contributed by atoms with E-state index in [4.69, 9.17) is 14.2 Å². The lowest BCUT2D eigenvalue weighted by atomic mass is 9.71. The van der Waals surface area contributed by atoms with Crippen LogP contribution in [0.15, 0.2) is 29.1 Å². The molecule has 0 radical (unpaired) electrons. The molecule has 2 amide bonds. The molecule has 238 valence electrons. The molecule has 1 saturated carbocycles. The van der Waals surface area contributed by atoms with Crippen molar-refractivity contribution in [3.05, 3.63) is 45.6 Å². The van der Waals surface area contributed by atoms with Crippen LogP contribution < -0.4 is 30.3 Å². The summed E-state index contributed by atoms with van der Waals surface area (Å²) < 4.78 is 17.1. The van der Waals surface area contributed by atoms with Gasteiger partial charge in [-0.1, -0.05) is 18.9 Å². The molecule has 2 fully saturated rings. The standard InChI is InChI=1S/C34H45N3O7/c1-21(38)36-26-12-10-22-18-29(42-2)32(43-3)33(44-4)31(22)24-11-13-27(28(39)19-25(24)26)35-16-7-9-30(40)37-17-15-34(41)14-6-5-8-23(34)20-37/h11,13,18-19,23,26,41H,5-10,12,14-17,20H2,1-4H3,(H,35,39)(H,36,38)/t23?,26-,34?/m0/s1. The van der Waals surface area contributed by atoms with E-state index in [9.17, 15) is 19.5 Å². The van der Waals surface area contributed by atoms with Crippen LogP contribution in [0.1, 0.15) is 75.5 Å². The normalized spacial score (nSPS) is 22.4. The molecule has 0 spiro atoms. The van der Waals surface area contributed by atoms with Crippen molar-refractivity contribution in [2.24, 2.45) is 5.92 Å². The Bertz CT molecular complexity index is 1460. The van der Waals surface area contributed by atoms with Crippen molar-refractivity contribution in [2.45, 2.75) is 76.4 Å². The number of rotatable bonds is 9. The summed E-state index contributed by atoms with van der Waals surface area (Å²) in [5, 5.41) is 17.2. The number of hydrogen-bond acceptors (Lipinski definition) is 8. The first kappa shape index (κ1) is 31.6. The lowest BCUT2D eigenvalue weighted by Gasteiger charge is -2.47. The number of piperidine rings is 1. The van der Waals surface area contributed by atoms with Gasteiger partial charge >= 0.3 is 0 Å². The first-order valence-corrected chi connectivity index (χ1v) is 15.7. The van der Waals surface area contributed by atoms with Gasteiger partial charge in [-0.3, -0.25) is 14.4 Å². The zero-order valence-corrected chi connectivity index (χ0v) is 26.3. The average Bonchev–Trinajstić information content (AvgIpc) is 3.25. The van der Waals surface area contributed by atoms with Crippen LogP contribution in [0.25, 0.3) is 11.1 Å². The van der Waals surface area contributed by atoms with Crippen molar-refractivity contribution in [3.8, 4) is 28.4 Å². The first-order chi connectivity index (χ1) is 21.2. The van der Waals surface area contributed by atoms with Gasteiger partial charge in [0.1, 0.15) is 0 Å². The van der Waals surface area contributed by atoms with Gasteiger partial charge in [-0.05, 0) is 73.4 Å². The highest BCUT2D eigenvalue weighted by atomic mass is 16.5. The fraction of sp³-hybridized carbons (Fsp3) is 0.559. The Morgan fingerprint density at radius 1 is 1.05 bits per heavy atom. The van der Waals surface area contributed by atoms with Gasteiger partial charge in [0.05, 0.1) is 38.7 Å². The van der Waals surface area contributed by atoms with Gasteiger partial charge in [0.25, 0.3) is 0 Å². The molecular weight excluding hydrogens is 562 g/mol. The Morgan fingerprint density at radius 3 is 2.57 bits per heavy atom. The molecule has 10 nitrogen and oxygen atoms in total. The number of fused-ring (bicyclic) bond motifs is 4. The summed E-state index contributed by atoms with van der Waals surface area (Å²) in [6.07, 6.45) is 6.79. The van der Waals surface area contributed by atoms with Gasteiger partial charge < -0.3 is 34.9 Å². The molecule has 3 atom stereocenters. The minimum Gasteiger partial charge on any atom is -0.493 e. The Kier molecular flexibility index (Phi) is 9.68.